The highest BCUT2D eigenvalue weighted by Crippen LogP contribution is 2.41. The molecule has 0 radical (unpaired) electrons. The van der Waals surface area contributed by atoms with Crippen LogP contribution in [0.2, 0.25) is 0 Å². The smallest absolute Gasteiger partial charge is 0.491 e. The average molecular weight is 622 g/mol. The van der Waals surface area contributed by atoms with E-state index in [-0.39, 0.29) is 31.0 Å². The van der Waals surface area contributed by atoms with E-state index >= 15 is 4.39 Å². The highest BCUT2D eigenvalue weighted by Gasteiger charge is 2.34. The number of alkyl halides is 3. The Morgan fingerprint density at radius 2 is 1.91 bits per heavy atom. The van der Waals surface area contributed by atoms with E-state index in [1.807, 2.05) is 0 Å². The summed E-state index contributed by atoms with van der Waals surface area (Å²) in [7, 11) is 0.407. The van der Waals surface area contributed by atoms with Crippen molar-refractivity contribution < 1.29 is 36.0 Å². The molecule has 14 heteroatoms. The maximum Gasteiger partial charge on any atom is 0.573 e. The van der Waals surface area contributed by atoms with Gasteiger partial charge >= 0.3 is 6.36 Å². The number of halogens is 4. The molecule has 4 aromatic rings. The first-order valence-corrected chi connectivity index (χ1v) is 15.5. The minimum absolute atomic E-state index is 0.0411. The van der Waals surface area contributed by atoms with E-state index < -0.39 is 40.2 Å². The van der Waals surface area contributed by atoms with Crippen molar-refractivity contribution in [3.8, 4) is 33.9 Å². The molecule has 5 rings (SSSR count). The number of imidazole rings is 1. The number of rotatable bonds is 9. The van der Waals surface area contributed by atoms with E-state index in [1.165, 1.54) is 36.7 Å². The van der Waals surface area contributed by atoms with Crippen LogP contribution in [0.3, 0.4) is 0 Å². The second kappa shape index (κ2) is 11.5. The number of nitrogens with one attached hydrogen (secondary N) is 1. The van der Waals surface area contributed by atoms with Crippen molar-refractivity contribution in [2.24, 2.45) is 0 Å². The number of nitrogens with zero attached hydrogens (tertiary/aromatic N) is 4. The van der Waals surface area contributed by atoms with Crippen molar-refractivity contribution >= 4 is 16.2 Å². The molecule has 1 aliphatic heterocycles. The third kappa shape index (κ3) is 6.02. The molecule has 0 saturated carbocycles. The molecular formula is C29H31F4N5O4S. The molecule has 1 aliphatic rings. The van der Waals surface area contributed by atoms with E-state index in [2.05, 4.69) is 15.0 Å². The predicted octanol–water partition coefficient (Wildman–Crippen LogP) is 4.87. The zero-order valence-corrected chi connectivity index (χ0v) is 24.7. The summed E-state index contributed by atoms with van der Waals surface area (Å²) in [4.78, 5) is 17.4. The Hall–Kier alpha value is -4.17. The summed E-state index contributed by atoms with van der Waals surface area (Å²) < 4.78 is 82.3. The van der Waals surface area contributed by atoms with Crippen LogP contribution in [-0.4, -0.2) is 67.8 Å². The van der Waals surface area contributed by atoms with Crippen LogP contribution >= 0.6 is 0 Å². The first-order valence-electron chi connectivity index (χ1n) is 13.4. The number of carbonyl (C=O) groups is 1. The summed E-state index contributed by atoms with van der Waals surface area (Å²) in [6, 6.07) is 10.9. The van der Waals surface area contributed by atoms with Crippen molar-refractivity contribution in [3.63, 3.8) is 0 Å². The van der Waals surface area contributed by atoms with Gasteiger partial charge in [-0.05, 0) is 63.0 Å². The topological polar surface area (TPSA) is 90.6 Å². The van der Waals surface area contributed by atoms with Gasteiger partial charge in [0, 0.05) is 46.8 Å². The average Bonchev–Trinajstić information content (AvgIpc) is 3.57. The minimum atomic E-state index is -4.90. The molecule has 1 atom stereocenters. The highest BCUT2D eigenvalue weighted by molar-refractivity contribution is 7.98. The van der Waals surface area contributed by atoms with Crippen LogP contribution in [0.1, 0.15) is 29.1 Å². The van der Waals surface area contributed by atoms with E-state index in [0.29, 0.717) is 28.1 Å². The lowest BCUT2D eigenvalue weighted by Gasteiger charge is -2.32. The zero-order valence-electron chi connectivity index (χ0n) is 23.9. The van der Waals surface area contributed by atoms with Gasteiger partial charge in [0.05, 0.1) is 24.0 Å². The molecule has 9 nitrogen and oxygen atoms in total. The quantitative estimate of drug-likeness (QED) is 0.206. The zero-order chi connectivity index (χ0) is 31.1. The van der Waals surface area contributed by atoms with Gasteiger partial charge in [0.1, 0.15) is 17.8 Å². The normalized spacial score (nSPS) is 15.7. The number of ether oxygens (including phenoxy) is 2. The second-order valence-corrected chi connectivity index (χ2v) is 13.2. The van der Waals surface area contributed by atoms with Crippen LogP contribution in [0.5, 0.6) is 11.5 Å². The van der Waals surface area contributed by atoms with Crippen molar-refractivity contribution in [2.45, 2.75) is 25.7 Å². The molecule has 3 heterocycles. The number of amides is 1. The molecule has 230 valence electrons. The number of hydrogen-bond donors (Lipinski definition) is 2. The van der Waals surface area contributed by atoms with Crippen LogP contribution in [0.25, 0.3) is 22.4 Å². The lowest BCUT2D eigenvalue weighted by molar-refractivity contribution is -0.274. The van der Waals surface area contributed by atoms with Gasteiger partial charge in [-0.3, -0.25) is 13.0 Å². The molecular weight excluding hydrogens is 590 g/mol. The van der Waals surface area contributed by atoms with Crippen LogP contribution < -0.4 is 14.8 Å². The number of hydrogen-bond acceptors (Lipinski definition) is 5. The summed E-state index contributed by atoms with van der Waals surface area (Å²) in [5.74, 6) is -1.44. The molecule has 0 fully saturated rings. The van der Waals surface area contributed by atoms with Gasteiger partial charge in [0.2, 0.25) is 0 Å². The number of carbonyl (C=O) groups excluding carboxylic acids is 1. The first-order chi connectivity index (χ1) is 20.3. The van der Waals surface area contributed by atoms with E-state index in [0.717, 1.165) is 0 Å². The van der Waals surface area contributed by atoms with Gasteiger partial charge in [-0.15, -0.1) is 13.2 Å². The van der Waals surface area contributed by atoms with Crippen LogP contribution in [0.15, 0.2) is 61.1 Å². The van der Waals surface area contributed by atoms with Crippen molar-refractivity contribution in [1.82, 2.24) is 23.1 Å². The molecule has 2 aromatic carbocycles. The monoisotopic (exact) mass is 621 g/mol. The van der Waals surface area contributed by atoms with E-state index in [9.17, 15) is 22.2 Å². The fourth-order valence-corrected chi connectivity index (χ4v) is 6.41. The van der Waals surface area contributed by atoms with E-state index in [1.54, 1.807) is 64.5 Å². The highest BCUT2D eigenvalue weighted by atomic mass is 32.3. The summed E-state index contributed by atoms with van der Waals surface area (Å²) in [5, 5.41) is 2.87. The summed E-state index contributed by atoms with van der Waals surface area (Å²) >= 11 is 0. The van der Waals surface area contributed by atoms with Crippen molar-refractivity contribution in [1.29, 1.82) is 0 Å². The van der Waals surface area contributed by atoms with Gasteiger partial charge in [-0.1, -0.05) is 12.1 Å². The molecule has 2 aromatic heterocycles. The van der Waals surface area contributed by atoms with Gasteiger partial charge in [-0.25, -0.2) is 13.7 Å². The Bertz CT molecular complexity index is 1720. The standard InChI is InChI=1S/C29H31F4N5O4S/c1-5-41-26-10-9-19(12-24(26)30)27-23(18-7-6-8-22(11-18)42-29(31,32)33)14-25-28(39)35-16-21(38(25)27)13-20-15-34-17-37(20)43(4,40)36(2)3/h6-12,14-15,17,21,43H,5,13,16H2,1-4H3,(H,35,39)/t21-/m0/s1. The van der Waals surface area contributed by atoms with Crippen LogP contribution in [0, 0.1) is 5.82 Å². The molecule has 0 bridgehead atoms. The molecule has 0 saturated heterocycles. The van der Waals surface area contributed by atoms with Crippen LogP contribution in [-0.2, 0) is 16.7 Å². The first kappa shape index (κ1) is 30.3. The van der Waals surface area contributed by atoms with Crippen LogP contribution in [0.4, 0.5) is 17.6 Å². The SMILES string of the molecule is CCOc1ccc(-c2c(-c3cccc(OC(F)(F)F)c3)cc3n2[C@@H](Cc2cncn2[SH](C)(=O)N(C)C)CNC3=O)cc1F. The third-order valence-electron chi connectivity index (χ3n) is 7.30. The number of benzene rings is 2. The Morgan fingerprint density at radius 1 is 1.14 bits per heavy atom. The Kier molecular flexibility index (Phi) is 8.09. The van der Waals surface area contributed by atoms with E-state index in [4.69, 9.17) is 4.74 Å². The lowest BCUT2D eigenvalue weighted by atomic mass is 10.00. The fourth-order valence-electron chi connectivity index (χ4n) is 5.16. The lowest BCUT2D eigenvalue weighted by Crippen LogP contribution is -2.41. The molecule has 0 spiro atoms. The van der Waals surface area contributed by atoms with Crippen molar-refractivity contribution in [3.05, 3.63) is 78.3 Å². The number of thiol groups is 1. The Morgan fingerprint density at radius 3 is 2.58 bits per heavy atom. The fraction of sp³-hybridized carbons (Fsp3) is 0.310. The van der Waals surface area contributed by atoms with Gasteiger partial charge in [0.25, 0.3) is 5.91 Å². The predicted molar refractivity (Wildman–Crippen MR) is 155 cm³/mol. The van der Waals surface area contributed by atoms with Gasteiger partial charge in [0.15, 0.2) is 11.6 Å². The summed E-state index contributed by atoms with van der Waals surface area (Å²) in [5.41, 5.74) is 2.40. The Balaban J connectivity index is 1.70. The molecule has 43 heavy (non-hydrogen) atoms. The molecule has 1 N–H and O–H groups in total. The minimum Gasteiger partial charge on any atom is -0.491 e. The number of aromatic nitrogens is 3. The molecule has 0 unspecified atom stereocenters. The molecule has 1 amide bonds. The maximum atomic E-state index is 15.2. The third-order valence-corrected chi connectivity index (χ3v) is 9.94. The number of fused-ring (bicyclic) bond motifs is 1. The summed E-state index contributed by atoms with van der Waals surface area (Å²) in [6.45, 7) is 2.16. The maximum absolute atomic E-state index is 15.2. The van der Waals surface area contributed by atoms with Gasteiger partial charge in [-0.2, -0.15) is 0 Å². The Labute approximate surface area is 246 Å². The summed E-state index contributed by atoms with van der Waals surface area (Å²) in [6.07, 6.45) is 0.0998. The van der Waals surface area contributed by atoms with Gasteiger partial charge < -0.3 is 19.4 Å². The largest absolute Gasteiger partial charge is 0.573 e. The van der Waals surface area contributed by atoms with Crippen molar-refractivity contribution in [2.75, 3.05) is 33.5 Å². The molecule has 0 aliphatic carbocycles. The second-order valence-electron chi connectivity index (χ2n) is 10.3.